The smallest absolute Gasteiger partial charge is 0.146 e. The Balaban J connectivity index is 2.71. The van der Waals surface area contributed by atoms with Crippen LogP contribution >= 0.6 is 0 Å². The van der Waals surface area contributed by atoms with Crippen molar-refractivity contribution in [3.8, 4) is 5.75 Å². The van der Waals surface area contributed by atoms with Crippen LogP contribution in [-0.2, 0) is 0 Å². The van der Waals surface area contributed by atoms with E-state index in [1.54, 1.807) is 0 Å². The highest BCUT2D eigenvalue weighted by atomic mass is 16.9. The summed E-state index contributed by atoms with van der Waals surface area (Å²) in [5.74, 6) is 0.375. The van der Waals surface area contributed by atoms with Crippen molar-refractivity contribution in [3.05, 3.63) is 34.4 Å². The third-order valence-electron chi connectivity index (χ3n) is 1.18. The Labute approximate surface area is 69.1 Å². The first-order valence-electron chi connectivity index (χ1n) is 3.24. The summed E-state index contributed by atoms with van der Waals surface area (Å²) in [4.78, 5) is 14.6. The first-order chi connectivity index (χ1) is 5.72. The van der Waals surface area contributed by atoms with E-state index >= 15 is 0 Å². The lowest BCUT2D eigenvalue weighted by molar-refractivity contribution is 0.0218. The maximum atomic E-state index is 10.4. The Bertz CT molecular complexity index is 258. The second-order valence-electron chi connectivity index (χ2n) is 2.12. The Hall–Kier alpha value is -1.46. The molecule has 1 rings (SSSR count). The molecule has 0 aliphatic carbocycles. The standard InChI is InChI=1S/C7H7N2O3/c1-9(11)12-7-4-2-6(8-10)3-5-7/h2-5H,1H3/q-1. The molecule has 0 bridgehead atoms. The van der Waals surface area contributed by atoms with Crippen LogP contribution in [0.4, 0.5) is 5.69 Å². The van der Waals surface area contributed by atoms with Crippen LogP contribution in [0.3, 0.4) is 0 Å². The summed E-state index contributed by atoms with van der Waals surface area (Å²) < 4.78 is 0. The summed E-state index contributed by atoms with van der Waals surface area (Å²) >= 11 is 0. The van der Waals surface area contributed by atoms with E-state index in [0.29, 0.717) is 16.7 Å². The molecule has 0 amide bonds. The van der Waals surface area contributed by atoms with Gasteiger partial charge in [0.05, 0.1) is 0 Å². The molecule has 12 heavy (non-hydrogen) atoms. The number of hydroxylamine groups is 2. The Morgan fingerprint density at radius 1 is 1.42 bits per heavy atom. The maximum Gasteiger partial charge on any atom is 0.146 e. The third kappa shape index (κ3) is 2.30. The van der Waals surface area contributed by atoms with Gasteiger partial charge < -0.3 is 10.0 Å². The Kier molecular flexibility index (Phi) is 2.73. The van der Waals surface area contributed by atoms with Crippen molar-refractivity contribution in [2.24, 2.45) is 5.18 Å². The van der Waals surface area contributed by atoms with Crippen molar-refractivity contribution in [2.45, 2.75) is 0 Å². The van der Waals surface area contributed by atoms with Gasteiger partial charge in [-0.1, -0.05) is 0 Å². The van der Waals surface area contributed by atoms with Gasteiger partial charge in [0.1, 0.15) is 11.4 Å². The third-order valence-corrected chi connectivity index (χ3v) is 1.18. The largest absolute Gasteiger partial charge is 0.753 e. The maximum absolute atomic E-state index is 10.4. The zero-order valence-corrected chi connectivity index (χ0v) is 6.43. The molecule has 0 atom stereocenters. The zero-order chi connectivity index (χ0) is 8.97. The summed E-state index contributed by atoms with van der Waals surface area (Å²) in [5.41, 5.74) is 0.302. The van der Waals surface area contributed by atoms with E-state index in [0.717, 1.165) is 0 Å². The van der Waals surface area contributed by atoms with Crippen molar-refractivity contribution < 1.29 is 4.84 Å². The van der Waals surface area contributed by atoms with E-state index in [4.69, 9.17) is 0 Å². The fraction of sp³-hybridized carbons (Fsp3) is 0.143. The number of nitroso groups, excluding NO2 is 1. The molecule has 0 N–H and O–H groups in total. The predicted octanol–water partition coefficient (Wildman–Crippen LogP) is 1.81. The van der Waals surface area contributed by atoms with Gasteiger partial charge in [-0.2, -0.15) is 0 Å². The van der Waals surface area contributed by atoms with Crippen LogP contribution in [0.25, 0.3) is 0 Å². The molecule has 0 saturated heterocycles. The van der Waals surface area contributed by atoms with Crippen LogP contribution in [-0.4, -0.2) is 12.3 Å². The fourth-order valence-corrected chi connectivity index (χ4v) is 0.716. The van der Waals surface area contributed by atoms with Crippen LogP contribution < -0.4 is 4.84 Å². The SMILES string of the molecule is CN([O-])Oc1ccc(N=O)cc1. The van der Waals surface area contributed by atoms with Crippen LogP contribution in [0.15, 0.2) is 29.4 Å². The summed E-state index contributed by atoms with van der Waals surface area (Å²) in [6, 6.07) is 5.91. The molecule has 0 saturated carbocycles. The van der Waals surface area contributed by atoms with E-state index in [1.807, 2.05) is 0 Å². The minimum absolute atomic E-state index is 0.302. The van der Waals surface area contributed by atoms with E-state index in [-0.39, 0.29) is 0 Å². The molecule has 1 aromatic carbocycles. The second-order valence-corrected chi connectivity index (χ2v) is 2.12. The lowest BCUT2D eigenvalue weighted by atomic mass is 10.3. The van der Waals surface area contributed by atoms with Crippen LogP contribution in [0.1, 0.15) is 0 Å². The average molecular weight is 167 g/mol. The molecule has 0 aromatic heterocycles. The highest BCUT2D eigenvalue weighted by molar-refractivity contribution is 5.40. The van der Waals surface area contributed by atoms with Crippen molar-refractivity contribution in [1.82, 2.24) is 5.23 Å². The fourth-order valence-electron chi connectivity index (χ4n) is 0.716. The molecule has 0 aliphatic rings. The summed E-state index contributed by atoms with van der Waals surface area (Å²) in [7, 11) is 1.23. The zero-order valence-electron chi connectivity index (χ0n) is 6.43. The number of nitrogens with zero attached hydrogens (tertiary/aromatic N) is 2. The lowest BCUT2D eigenvalue weighted by Gasteiger charge is -2.21. The summed E-state index contributed by atoms with van der Waals surface area (Å²) in [5, 5.41) is 13.4. The molecule has 0 unspecified atom stereocenters. The molecular weight excluding hydrogens is 160 g/mol. The first-order valence-corrected chi connectivity index (χ1v) is 3.24. The van der Waals surface area contributed by atoms with E-state index in [1.165, 1.54) is 31.3 Å². The quantitative estimate of drug-likeness (QED) is 0.508. The van der Waals surface area contributed by atoms with E-state index in [9.17, 15) is 10.1 Å². The molecule has 5 heteroatoms. The molecule has 1 aromatic rings. The van der Waals surface area contributed by atoms with Gasteiger partial charge in [-0.05, 0) is 29.4 Å². The summed E-state index contributed by atoms with van der Waals surface area (Å²) in [6.07, 6.45) is 0. The van der Waals surface area contributed by atoms with Crippen molar-refractivity contribution in [1.29, 1.82) is 0 Å². The molecular formula is C7H7N2O3-. The molecule has 0 heterocycles. The minimum atomic E-state index is 0.302. The highest BCUT2D eigenvalue weighted by Crippen LogP contribution is 2.17. The van der Waals surface area contributed by atoms with E-state index in [2.05, 4.69) is 10.0 Å². The lowest BCUT2D eigenvalue weighted by Crippen LogP contribution is -2.13. The molecule has 0 fully saturated rings. The molecule has 0 radical (unpaired) electrons. The molecule has 64 valence electrons. The van der Waals surface area contributed by atoms with Gasteiger partial charge in [-0.25, -0.2) is 5.23 Å². The molecule has 0 spiro atoms. The van der Waals surface area contributed by atoms with Gasteiger partial charge >= 0.3 is 0 Å². The van der Waals surface area contributed by atoms with Crippen LogP contribution in [0.5, 0.6) is 5.75 Å². The average Bonchev–Trinajstić information content (AvgIpc) is 2.05. The van der Waals surface area contributed by atoms with E-state index < -0.39 is 0 Å². The molecule has 0 aliphatic heterocycles. The number of rotatable bonds is 3. The van der Waals surface area contributed by atoms with Crippen molar-refractivity contribution in [3.63, 3.8) is 0 Å². The Morgan fingerprint density at radius 2 is 2.00 bits per heavy atom. The first kappa shape index (κ1) is 8.63. The van der Waals surface area contributed by atoms with Gasteiger partial charge in [0.2, 0.25) is 0 Å². The number of hydrogen-bond donors (Lipinski definition) is 0. The minimum Gasteiger partial charge on any atom is -0.753 e. The number of benzene rings is 1. The van der Waals surface area contributed by atoms with Gasteiger partial charge in [-0.3, -0.25) is 0 Å². The normalized spacial score (nSPS) is 9.92. The number of hydrogen-bond acceptors (Lipinski definition) is 5. The van der Waals surface area contributed by atoms with Crippen molar-refractivity contribution in [2.75, 3.05) is 7.05 Å². The Morgan fingerprint density at radius 3 is 2.42 bits per heavy atom. The predicted molar refractivity (Wildman–Crippen MR) is 43.7 cm³/mol. The highest BCUT2D eigenvalue weighted by Gasteiger charge is 1.93. The topological polar surface area (TPSA) is 65.0 Å². The molecule has 5 nitrogen and oxygen atoms in total. The van der Waals surface area contributed by atoms with Gasteiger partial charge in [0.25, 0.3) is 0 Å². The van der Waals surface area contributed by atoms with Crippen molar-refractivity contribution >= 4 is 5.69 Å². The van der Waals surface area contributed by atoms with Gasteiger partial charge in [0, 0.05) is 7.05 Å². The van der Waals surface area contributed by atoms with Gasteiger partial charge in [0.15, 0.2) is 0 Å². The summed E-state index contributed by atoms with van der Waals surface area (Å²) in [6.45, 7) is 0. The van der Waals surface area contributed by atoms with Crippen LogP contribution in [0.2, 0.25) is 0 Å². The monoisotopic (exact) mass is 167 g/mol. The second kappa shape index (κ2) is 3.80. The van der Waals surface area contributed by atoms with Crippen LogP contribution in [0, 0.1) is 10.1 Å². The van der Waals surface area contributed by atoms with Gasteiger partial charge in [-0.15, -0.1) is 4.91 Å².